The fraction of sp³-hybridized carbons (Fsp3) is 0.278. The normalized spacial score (nSPS) is 10.3. The van der Waals surface area contributed by atoms with Crippen LogP contribution in [0.4, 0.5) is 5.69 Å². The minimum absolute atomic E-state index is 0.154. The Hall–Kier alpha value is -2.49. The Morgan fingerprint density at radius 3 is 2.68 bits per heavy atom. The van der Waals surface area contributed by atoms with Gasteiger partial charge < -0.3 is 15.2 Å². The van der Waals surface area contributed by atoms with Crippen LogP contribution in [0.5, 0.6) is 5.75 Å². The lowest BCUT2D eigenvalue weighted by molar-refractivity contribution is -0.136. The third-order valence-corrected chi connectivity index (χ3v) is 3.51. The molecule has 0 bridgehead atoms. The number of carboxylic acid groups (broad SMARTS) is 1. The molecule has 2 aromatic rings. The van der Waals surface area contributed by atoms with E-state index in [-0.39, 0.29) is 6.42 Å². The first-order chi connectivity index (χ1) is 10.6. The predicted octanol–water partition coefficient (Wildman–Crippen LogP) is 3.63. The van der Waals surface area contributed by atoms with Gasteiger partial charge >= 0.3 is 5.97 Å². The van der Waals surface area contributed by atoms with Crippen LogP contribution < -0.4 is 10.1 Å². The molecule has 0 saturated heterocycles. The summed E-state index contributed by atoms with van der Waals surface area (Å²) in [6.07, 6.45) is 0.702. The Labute approximate surface area is 130 Å². The average molecular weight is 299 g/mol. The molecule has 0 aliphatic heterocycles. The SMILES string of the molecule is COc1ccc(CNc2cccc(CCC(=O)O)c2)cc1C. The van der Waals surface area contributed by atoms with Gasteiger partial charge in [-0.05, 0) is 48.2 Å². The molecule has 0 saturated carbocycles. The maximum atomic E-state index is 10.6. The van der Waals surface area contributed by atoms with E-state index in [1.54, 1.807) is 7.11 Å². The first-order valence-corrected chi connectivity index (χ1v) is 7.26. The van der Waals surface area contributed by atoms with Crippen molar-refractivity contribution in [3.8, 4) is 5.75 Å². The highest BCUT2D eigenvalue weighted by Crippen LogP contribution is 2.19. The summed E-state index contributed by atoms with van der Waals surface area (Å²) in [5.41, 5.74) is 4.31. The molecule has 0 atom stereocenters. The third kappa shape index (κ3) is 4.52. The number of anilines is 1. The van der Waals surface area contributed by atoms with Gasteiger partial charge in [-0.3, -0.25) is 4.79 Å². The monoisotopic (exact) mass is 299 g/mol. The van der Waals surface area contributed by atoms with Gasteiger partial charge in [-0.1, -0.05) is 24.3 Å². The number of ether oxygens (including phenoxy) is 1. The van der Waals surface area contributed by atoms with Crippen LogP contribution in [0, 0.1) is 6.92 Å². The molecule has 116 valence electrons. The van der Waals surface area contributed by atoms with E-state index in [1.165, 1.54) is 5.56 Å². The second kappa shape index (κ2) is 7.50. The van der Waals surface area contributed by atoms with Crippen LogP contribution in [0.25, 0.3) is 0 Å². The molecule has 0 heterocycles. The first-order valence-electron chi connectivity index (χ1n) is 7.26. The van der Waals surface area contributed by atoms with E-state index >= 15 is 0 Å². The zero-order valence-corrected chi connectivity index (χ0v) is 12.9. The van der Waals surface area contributed by atoms with Crippen LogP contribution in [-0.4, -0.2) is 18.2 Å². The minimum atomic E-state index is -0.771. The highest BCUT2D eigenvalue weighted by molar-refractivity contribution is 5.67. The summed E-state index contributed by atoms with van der Waals surface area (Å²) in [5, 5.41) is 12.1. The van der Waals surface area contributed by atoms with E-state index in [2.05, 4.69) is 11.4 Å². The van der Waals surface area contributed by atoms with Gasteiger partial charge in [-0.15, -0.1) is 0 Å². The molecule has 4 nitrogen and oxygen atoms in total. The number of hydrogen-bond acceptors (Lipinski definition) is 3. The Morgan fingerprint density at radius 2 is 2.00 bits per heavy atom. The maximum Gasteiger partial charge on any atom is 0.303 e. The number of benzene rings is 2. The molecule has 2 rings (SSSR count). The molecular formula is C18H21NO3. The summed E-state index contributed by atoms with van der Waals surface area (Å²) in [5.74, 6) is 0.117. The molecule has 2 aromatic carbocycles. The van der Waals surface area contributed by atoms with Gasteiger partial charge in [-0.2, -0.15) is 0 Å². The van der Waals surface area contributed by atoms with Crippen molar-refractivity contribution in [3.05, 3.63) is 59.2 Å². The number of aryl methyl sites for hydroxylation is 2. The maximum absolute atomic E-state index is 10.6. The van der Waals surface area contributed by atoms with Gasteiger partial charge in [0.1, 0.15) is 5.75 Å². The quantitative estimate of drug-likeness (QED) is 0.819. The second-order valence-corrected chi connectivity index (χ2v) is 5.25. The lowest BCUT2D eigenvalue weighted by Gasteiger charge is -2.10. The van der Waals surface area contributed by atoms with Gasteiger partial charge in [0.05, 0.1) is 7.11 Å². The van der Waals surface area contributed by atoms with Crippen LogP contribution >= 0.6 is 0 Å². The molecule has 0 aliphatic rings. The number of nitrogens with one attached hydrogen (secondary N) is 1. The molecule has 22 heavy (non-hydrogen) atoms. The van der Waals surface area contributed by atoms with E-state index in [9.17, 15) is 4.79 Å². The lowest BCUT2D eigenvalue weighted by Crippen LogP contribution is -2.02. The Kier molecular flexibility index (Phi) is 5.42. The molecule has 0 spiro atoms. The number of carboxylic acids is 1. The molecular weight excluding hydrogens is 278 g/mol. The van der Waals surface area contributed by atoms with Crippen LogP contribution in [-0.2, 0) is 17.8 Å². The largest absolute Gasteiger partial charge is 0.496 e. The zero-order valence-electron chi connectivity index (χ0n) is 12.9. The van der Waals surface area contributed by atoms with E-state index < -0.39 is 5.97 Å². The van der Waals surface area contributed by atoms with Crippen LogP contribution in [0.2, 0.25) is 0 Å². The predicted molar refractivity (Wildman–Crippen MR) is 87.5 cm³/mol. The van der Waals surface area contributed by atoms with Gasteiger partial charge in [-0.25, -0.2) is 0 Å². The molecule has 0 fully saturated rings. The van der Waals surface area contributed by atoms with Crippen molar-refractivity contribution in [2.45, 2.75) is 26.3 Å². The molecule has 4 heteroatoms. The van der Waals surface area contributed by atoms with Crippen molar-refractivity contribution < 1.29 is 14.6 Å². The highest BCUT2D eigenvalue weighted by atomic mass is 16.5. The second-order valence-electron chi connectivity index (χ2n) is 5.25. The van der Waals surface area contributed by atoms with Crippen molar-refractivity contribution in [1.82, 2.24) is 0 Å². The van der Waals surface area contributed by atoms with Crippen LogP contribution in [0.3, 0.4) is 0 Å². The number of rotatable bonds is 7. The van der Waals surface area contributed by atoms with E-state index in [0.717, 1.165) is 22.6 Å². The number of aliphatic carboxylic acids is 1. The van der Waals surface area contributed by atoms with Crippen molar-refractivity contribution in [2.75, 3.05) is 12.4 Å². The summed E-state index contributed by atoms with van der Waals surface area (Å²) in [6, 6.07) is 14.0. The third-order valence-electron chi connectivity index (χ3n) is 3.51. The van der Waals surface area contributed by atoms with Gasteiger partial charge in [0.2, 0.25) is 0 Å². The molecule has 2 N–H and O–H groups in total. The lowest BCUT2D eigenvalue weighted by atomic mass is 10.1. The molecule has 0 unspecified atom stereocenters. The summed E-state index contributed by atoms with van der Waals surface area (Å²) < 4.78 is 5.26. The molecule has 0 aliphatic carbocycles. The Morgan fingerprint density at radius 1 is 1.18 bits per heavy atom. The standard InChI is InChI=1S/C18H21NO3/c1-13-10-15(6-8-17(13)22-2)12-19-16-5-3-4-14(11-16)7-9-18(20)21/h3-6,8,10-11,19H,7,9,12H2,1-2H3,(H,20,21). The van der Waals surface area contributed by atoms with Crippen molar-refractivity contribution in [3.63, 3.8) is 0 Å². The minimum Gasteiger partial charge on any atom is -0.496 e. The molecule has 0 amide bonds. The van der Waals surface area contributed by atoms with Gasteiger partial charge in [0.15, 0.2) is 0 Å². The summed E-state index contributed by atoms with van der Waals surface area (Å²) in [6.45, 7) is 2.74. The Balaban J connectivity index is 1.97. The first kappa shape index (κ1) is 15.9. The van der Waals surface area contributed by atoms with E-state index in [1.807, 2.05) is 43.3 Å². The van der Waals surface area contributed by atoms with E-state index in [4.69, 9.17) is 9.84 Å². The summed E-state index contributed by atoms with van der Waals surface area (Å²) >= 11 is 0. The van der Waals surface area contributed by atoms with Crippen LogP contribution in [0.15, 0.2) is 42.5 Å². The van der Waals surface area contributed by atoms with Crippen LogP contribution in [0.1, 0.15) is 23.1 Å². The molecule has 0 aromatic heterocycles. The average Bonchev–Trinajstić information content (AvgIpc) is 2.51. The van der Waals surface area contributed by atoms with Crippen molar-refractivity contribution in [1.29, 1.82) is 0 Å². The zero-order chi connectivity index (χ0) is 15.9. The number of carbonyl (C=O) groups is 1. The topological polar surface area (TPSA) is 58.6 Å². The van der Waals surface area contributed by atoms with Crippen molar-refractivity contribution >= 4 is 11.7 Å². The van der Waals surface area contributed by atoms with Gasteiger partial charge in [0.25, 0.3) is 0 Å². The molecule has 0 radical (unpaired) electrons. The smallest absolute Gasteiger partial charge is 0.303 e. The number of hydrogen-bond donors (Lipinski definition) is 2. The summed E-state index contributed by atoms with van der Waals surface area (Å²) in [4.78, 5) is 10.6. The highest BCUT2D eigenvalue weighted by Gasteiger charge is 2.02. The van der Waals surface area contributed by atoms with E-state index in [0.29, 0.717) is 13.0 Å². The fourth-order valence-corrected chi connectivity index (χ4v) is 2.34. The van der Waals surface area contributed by atoms with Gasteiger partial charge in [0, 0.05) is 18.7 Å². The summed E-state index contributed by atoms with van der Waals surface area (Å²) in [7, 11) is 1.67. The fourth-order valence-electron chi connectivity index (χ4n) is 2.34. The van der Waals surface area contributed by atoms with Crippen molar-refractivity contribution in [2.24, 2.45) is 0 Å². The number of methoxy groups -OCH3 is 1. The Bertz CT molecular complexity index is 653.